The molecule has 0 aromatic rings. The van der Waals surface area contributed by atoms with Crippen molar-refractivity contribution in [2.24, 2.45) is 5.92 Å². The van der Waals surface area contributed by atoms with E-state index in [0.717, 1.165) is 44.9 Å². The average Bonchev–Trinajstić information content (AvgIpc) is 2.42. The fraction of sp³-hybridized carbons (Fsp3) is 1.00. The molecule has 0 atom stereocenters. The van der Waals surface area contributed by atoms with Gasteiger partial charge in [-0.25, -0.2) is 13.1 Å². The van der Waals surface area contributed by atoms with Crippen LogP contribution in [-0.4, -0.2) is 30.9 Å². The molecule has 4 nitrogen and oxygen atoms in total. The highest BCUT2D eigenvalue weighted by Gasteiger charge is 2.34. The van der Waals surface area contributed by atoms with Gasteiger partial charge in [0.2, 0.25) is 10.0 Å². The molecule has 2 rings (SSSR count). The van der Waals surface area contributed by atoms with Crippen LogP contribution in [-0.2, 0) is 10.0 Å². The number of rotatable bonds is 4. The van der Waals surface area contributed by atoms with Gasteiger partial charge in [0.1, 0.15) is 0 Å². The molecule has 2 N–H and O–H groups in total. The van der Waals surface area contributed by atoms with Crippen molar-refractivity contribution in [2.75, 3.05) is 6.54 Å². The third-order valence-corrected chi connectivity index (χ3v) is 6.69. The molecule has 2 aliphatic rings. The maximum absolute atomic E-state index is 12.2. The van der Waals surface area contributed by atoms with E-state index in [0.29, 0.717) is 18.8 Å². The second-order valence-electron chi connectivity index (χ2n) is 6.53. The zero-order chi connectivity index (χ0) is 13.9. The first-order chi connectivity index (χ1) is 8.91. The van der Waals surface area contributed by atoms with Crippen molar-refractivity contribution in [3.05, 3.63) is 0 Å². The van der Waals surface area contributed by atoms with Gasteiger partial charge in [-0.05, 0) is 44.4 Å². The highest BCUT2D eigenvalue weighted by molar-refractivity contribution is 7.90. The van der Waals surface area contributed by atoms with Crippen molar-refractivity contribution < 1.29 is 13.5 Å². The zero-order valence-corrected chi connectivity index (χ0v) is 12.7. The average molecular weight is 289 g/mol. The summed E-state index contributed by atoms with van der Waals surface area (Å²) in [5, 5.41) is 10.2. The van der Waals surface area contributed by atoms with Gasteiger partial charge >= 0.3 is 0 Å². The second kappa shape index (κ2) is 6.10. The van der Waals surface area contributed by atoms with Gasteiger partial charge in [0, 0.05) is 6.54 Å². The van der Waals surface area contributed by atoms with Gasteiger partial charge in [0.15, 0.2) is 0 Å². The predicted molar refractivity (Wildman–Crippen MR) is 76.4 cm³/mol. The van der Waals surface area contributed by atoms with Crippen LogP contribution in [0.25, 0.3) is 0 Å². The van der Waals surface area contributed by atoms with Crippen LogP contribution in [0.4, 0.5) is 0 Å². The van der Waals surface area contributed by atoms with E-state index in [1.165, 1.54) is 0 Å². The molecule has 0 spiro atoms. The van der Waals surface area contributed by atoms with Gasteiger partial charge in [0.05, 0.1) is 10.9 Å². The lowest BCUT2D eigenvalue weighted by atomic mass is 9.80. The Balaban J connectivity index is 1.86. The first-order valence-electron chi connectivity index (χ1n) is 7.62. The van der Waals surface area contributed by atoms with Crippen LogP contribution in [0.5, 0.6) is 0 Å². The maximum Gasteiger partial charge on any atom is 0.214 e. The molecule has 0 aromatic heterocycles. The van der Waals surface area contributed by atoms with E-state index >= 15 is 0 Å². The maximum atomic E-state index is 12.2. The quantitative estimate of drug-likeness (QED) is 0.833. The summed E-state index contributed by atoms with van der Waals surface area (Å²) >= 11 is 0. The van der Waals surface area contributed by atoms with Crippen LogP contribution in [0.1, 0.15) is 64.7 Å². The lowest BCUT2D eigenvalue weighted by Crippen LogP contribution is -2.47. The Kier molecular flexibility index (Phi) is 4.90. The van der Waals surface area contributed by atoms with Gasteiger partial charge in [-0.1, -0.05) is 26.2 Å². The minimum Gasteiger partial charge on any atom is -0.389 e. The standard InChI is InChI=1S/C14H27NO3S/c1-12-7-9-14(16,10-8-12)11-15-19(17,18)13-5-3-2-4-6-13/h12-13,15-16H,2-11H2,1H3. The van der Waals surface area contributed by atoms with Crippen LogP contribution < -0.4 is 4.72 Å². The molecular weight excluding hydrogens is 262 g/mol. The minimum absolute atomic E-state index is 0.193. The Hall–Kier alpha value is -0.130. The lowest BCUT2D eigenvalue weighted by Gasteiger charge is -2.35. The van der Waals surface area contributed by atoms with Crippen molar-refractivity contribution in [3.63, 3.8) is 0 Å². The highest BCUT2D eigenvalue weighted by Crippen LogP contribution is 2.31. The fourth-order valence-corrected chi connectivity index (χ4v) is 4.86. The summed E-state index contributed by atoms with van der Waals surface area (Å²) in [6.45, 7) is 2.38. The lowest BCUT2D eigenvalue weighted by molar-refractivity contribution is -0.00189. The van der Waals surface area contributed by atoms with Crippen LogP contribution in [0.15, 0.2) is 0 Å². The number of aliphatic hydroxyl groups is 1. The monoisotopic (exact) mass is 289 g/mol. The van der Waals surface area contributed by atoms with Gasteiger partial charge < -0.3 is 5.11 Å². The van der Waals surface area contributed by atoms with Gasteiger partial charge in [-0.2, -0.15) is 0 Å². The van der Waals surface area contributed by atoms with E-state index in [1.54, 1.807) is 0 Å². The van der Waals surface area contributed by atoms with Crippen molar-refractivity contribution >= 4 is 10.0 Å². The molecule has 0 aliphatic heterocycles. The molecule has 2 saturated carbocycles. The van der Waals surface area contributed by atoms with Crippen LogP contribution in [0.3, 0.4) is 0 Å². The molecule has 0 amide bonds. The van der Waals surface area contributed by atoms with E-state index in [1.807, 2.05) is 0 Å². The van der Waals surface area contributed by atoms with Crippen molar-refractivity contribution in [1.82, 2.24) is 4.72 Å². The van der Waals surface area contributed by atoms with E-state index in [9.17, 15) is 13.5 Å². The molecule has 0 aromatic carbocycles. The summed E-state index contributed by atoms with van der Waals surface area (Å²) in [4.78, 5) is 0. The Morgan fingerprint density at radius 1 is 1.11 bits per heavy atom. The normalized spacial score (nSPS) is 34.3. The molecule has 0 unspecified atom stereocenters. The number of hydrogen-bond acceptors (Lipinski definition) is 3. The Morgan fingerprint density at radius 3 is 2.26 bits per heavy atom. The second-order valence-corrected chi connectivity index (χ2v) is 8.58. The summed E-state index contributed by atoms with van der Waals surface area (Å²) in [6.07, 6.45) is 8.09. The van der Waals surface area contributed by atoms with Crippen LogP contribution >= 0.6 is 0 Å². The smallest absolute Gasteiger partial charge is 0.214 e. The molecule has 0 saturated heterocycles. The van der Waals surface area contributed by atoms with E-state index in [-0.39, 0.29) is 11.8 Å². The molecule has 0 radical (unpaired) electrons. The highest BCUT2D eigenvalue weighted by atomic mass is 32.2. The summed E-state index contributed by atoms with van der Waals surface area (Å²) < 4.78 is 27.1. The zero-order valence-electron chi connectivity index (χ0n) is 11.9. The minimum atomic E-state index is -3.24. The van der Waals surface area contributed by atoms with E-state index in [2.05, 4.69) is 11.6 Å². The first-order valence-corrected chi connectivity index (χ1v) is 9.17. The Bertz CT molecular complexity index is 379. The van der Waals surface area contributed by atoms with Gasteiger partial charge in [0.25, 0.3) is 0 Å². The Morgan fingerprint density at radius 2 is 1.68 bits per heavy atom. The summed E-state index contributed by atoms with van der Waals surface area (Å²) in [7, 11) is -3.24. The summed E-state index contributed by atoms with van der Waals surface area (Å²) in [5.74, 6) is 0.648. The van der Waals surface area contributed by atoms with Crippen LogP contribution in [0.2, 0.25) is 0 Å². The molecule has 2 aliphatic carbocycles. The third-order valence-electron chi connectivity index (χ3n) is 4.80. The van der Waals surface area contributed by atoms with E-state index < -0.39 is 15.6 Å². The molecule has 112 valence electrons. The molecule has 0 bridgehead atoms. The van der Waals surface area contributed by atoms with Gasteiger partial charge in [-0.15, -0.1) is 0 Å². The number of hydrogen-bond donors (Lipinski definition) is 2. The molecular formula is C14H27NO3S. The largest absolute Gasteiger partial charge is 0.389 e. The fourth-order valence-electron chi connectivity index (χ4n) is 3.20. The van der Waals surface area contributed by atoms with Crippen LogP contribution in [0, 0.1) is 5.92 Å². The van der Waals surface area contributed by atoms with Crippen molar-refractivity contribution in [2.45, 2.75) is 75.6 Å². The summed E-state index contributed by atoms with van der Waals surface area (Å²) in [6, 6.07) is 0. The number of nitrogens with one attached hydrogen (secondary N) is 1. The van der Waals surface area contributed by atoms with Crippen molar-refractivity contribution in [3.8, 4) is 0 Å². The number of sulfonamides is 1. The van der Waals surface area contributed by atoms with Gasteiger partial charge in [-0.3, -0.25) is 0 Å². The third kappa shape index (κ3) is 4.17. The topological polar surface area (TPSA) is 66.4 Å². The Labute approximate surface area is 117 Å². The molecule has 2 fully saturated rings. The predicted octanol–water partition coefficient (Wildman–Crippen LogP) is 2.18. The molecule has 5 heteroatoms. The SMILES string of the molecule is CC1CCC(O)(CNS(=O)(=O)C2CCCCC2)CC1. The van der Waals surface area contributed by atoms with E-state index in [4.69, 9.17) is 0 Å². The summed E-state index contributed by atoms with van der Waals surface area (Å²) in [5.41, 5.74) is -0.825. The molecule has 0 heterocycles. The molecule has 19 heavy (non-hydrogen) atoms. The first kappa shape index (κ1) is 15.3. The van der Waals surface area contributed by atoms with Crippen molar-refractivity contribution in [1.29, 1.82) is 0 Å².